The van der Waals surface area contributed by atoms with Gasteiger partial charge in [-0.3, -0.25) is 4.79 Å². The summed E-state index contributed by atoms with van der Waals surface area (Å²) in [6, 6.07) is 9.19. The Morgan fingerprint density at radius 1 is 1.10 bits per heavy atom. The Bertz CT molecular complexity index is 871. The molecule has 0 atom stereocenters. The van der Waals surface area contributed by atoms with Crippen LogP contribution in [-0.4, -0.2) is 9.97 Å². The van der Waals surface area contributed by atoms with Crippen LogP contribution in [0.1, 0.15) is 5.56 Å². The maximum Gasteiger partial charge on any atom is 0.259 e. The molecule has 1 heterocycles. The predicted octanol–water partition coefficient (Wildman–Crippen LogP) is 3.18. The summed E-state index contributed by atoms with van der Waals surface area (Å²) in [5.74, 6) is -1.26. The topological polar surface area (TPSA) is 45.8 Å². The van der Waals surface area contributed by atoms with E-state index >= 15 is 0 Å². The van der Waals surface area contributed by atoms with Gasteiger partial charge in [0.1, 0.15) is 17.5 Å². The number of hydrogen-bond acceptors (Lipinski definition) is 2. The lowest BCUT2D eigenvalue weighted by molar-refractivity contribution is 0.570. The van der Waals surface area contributed by atoms with Gasteiger partial charge in [0.2, 0.25) is 0 Å². The third-order valence-electron chi connectivity index (χ3n) is 3.19. The van der Waals surface area contributed by atoms with Gasteiger partial charge in [-0.2, -0.15) is 0 Å². The molecule has 3 nitrogen and oxygen atoms in total. The molecule has 1 N–H and O–H groups in total. The molecule has 0 aliphatic heterocycles. The van der Waals surface area contributed by atoms with Crippen molar-refractivity contribution in [3.05, 3.63) is 63.9 Å². The average molecular weight is 272 g/mol. The molecule has 0 unspecified atom stereocenters. The normalized spacial score (nSPS) is 10.9. The number of aromatic nitrogens is 2. The molecule has 3 aromatic rings. The first-order chi connectivity index (χ1) is 9.58. The van der Waals surface area contributed by atoms with Crippen LogP contribution in [0.15, 0.2) is 41.2 Å². The number of fused-ring (bicyclic) bond motifs is 1. The molecular formula is C15H10F2N2O. The molecule has 0 radical (unpaired) electrons. The highest BCUT2D eigenvalue weighted by atomic mass is 19.1. The first-order valence-corrected chi connectivity index (χ1v) is 6.02. The van der Waals surface area contributed by atoms with E-state index in [1.807, 2.05) is 0 Å². The van der Waals surface area contributed by atoms with Crippen LogP contribution in [0.25, 0.3) is 22.3 Å². The fourth-order valence-electron chi connectivity index (χ4n) is 2.06. The number of benzene rings is 2. The SMILES string of the molecule is Cc1c(F)ccc(-c2nc3ccccc3c(=O)[nH]2)c1F. The highest BCUT2D eigenvalue weighted by molar-refractivity contribution is 5.79. The minimum atomic E-state index is -0.719. The summed E-state index contributed by atoms with van der Waals surface area (Å²) in [7, 11) is 0. The van der Waals surface area contributed by atoms with E-state index in [0.717, 1.165) is 6.07 Å². The molecule has 0 aliphatic rings. The Morgan fingerprint density at radius 2 is 1.85 bits per heavy atom. The van der Waals surface area contributed by atoms with Crippen molar-refractivity contribution in [3.8, 4) is 11.4 Å². The lowest BCUT2D eigenvalue weighted by Gasteiger charge is -2.07. The summed E-state index contributed by atoms with van der Waals surface area (Å²) in [6.45, 7) is 1.34. The van der Waals surface area contributed by atoms with Crippen LogP contribution in [0.2, 0.25) is 0 Å². The van der Waals surface area contributed by atoms with Gasteiger partial charge in [-0.1, -0.05) is 12.1 Å². The van der Waals surface area contributed by atoms with Crippen LogP contribution in [0.5, 0.6) is 0 Å². The van der Waals surface area contributed by atoms with Crippen molar-refractivity contribution in [2.45, 2.75) is 6.92 Å². The van der Waals surface area contributed by atoms with Crippen LogP contribution >= 0.6 is 0 Å². The molecule has 0 bridgehead atoms. The zero-order valence-electron chi connectivity index (χ0n) is 10.6. The van der Waals surface area contributed by atoms with Gasteiger partial charge in [0.25, 0.3) is 5.56 Å². The Labute approximate surface area is 112 Å². The van der Waals surface area contributed by atoms with Crippen molar-refractivity contribution in [3.63, 3.8) is 0 Å². The van der Waals surface area contributed by atoms with Crippen LogP contribution < -0.4 is 5.56 Å². The molecule has 20 heavy (non-hydrogen) atoms. The fourth-order valence-corrected chi connectivity index (χ4v) is 2.06. The number of rotatable bonds is 1. The second kappa shape index (κ2) is 4.52. The van der Waals surface area contributed by atoms with E-state index in [0.29, 0.717) is 10.9 Å². The smallest absolute Gasteiger partial charge is 0.259 e. The number of aromatic amines is 1. The maximum absolute atomic E-state index is 14.1. The van der Waals surface area contributed by atoms with Crippen molar-refractivity contribution >= 4 is 10.9 Å². The minimum absolute atomic E-state index is 0.0757. The predicted molar refractivity (Wildman–Crippen MR) is 72.5 cm³/mol. The molecule has 5 heteroatoms. The van der Waals surface area contributed by atoms with Gasteiger partial charge < -0.3 is 4.98 Å². The molecule has 0 saturated carbocycles. The Morgan fingerprint density at radius 3 is 2.65 bits per heavy atom. The Hall–Kier alpha value is -2.56. The van der Waals surface area contributed by atoms with E-state index in [4.69, 9.17) is 0 Å². The number of nitrogens with zero attached hydrogens (tertiary/aromatic N) is 1. The largest absolute Gasteiger partial charge is 0.306 e. The number of nitrogens with one attached hydrogen (secondary N) is 1. The molecule has 0 aliphatic carbocycles. The van der Waals surface area contributed by atoms with Crippen molar-refractivity contribution in [2.24, 2.45) is 0 Å². The summed E-state index contributed by atoms with van der Waals surface area (Å²) in [4.78, 5) is 18.7. The zero-order chi connectivity index (χ0) is 14.3. The van der Waals surface area contributed by atoms with E-state index in [1.165, 1.54) is 13.0 Å². The first-order valence-electron chi connectivity index (χ1n) is 6.02. The van der Waals surface area contributed by atoms with E-state index in [9.17, 15) is 13.6 Å². The average Bonchev–Trinajstić information content (AvgIpc) is 2.45. The van der Waals surface area contributed by atoms with Crippen molar-refractivity contribution in [1.29, 1.82) is 0 Å². The van der Waals surface area contributed by atoms with Crippen LogP contribution in [0.3, 0.4) is 0 Å². The van der Waals surface area contributed by atoms with Crippen molar-refractivity contribution in [2.75, 3.05) is 0 Å². The third-order valence-corrected chi connectivity index (χ3v) is 3.19. The van der Waals surface area contributed by atoms with E-state index in [1.54, 1.807) is 24.3 Å². The summed E-state index contributed by atoms with van der Waals surface area (Å²) in [6.07, 6.45) is 0. The van der Waals surface area contributed by atoms with Gasteiger partial charge in [-0.25, -0.2) is 13.8 Å². The molecular weight excluding hydrogens is 262 g/mol. The molecule has 1 aromatic heterocycles. The summed E-state index contributed by atoms with van der Waals surface area (Å²) < 4.78 is 27.4. The molecule has 2 aromatic carbocycles. The second-order valence-electron chi connectivity index (χ2n) is 4.47. The van der Waals surface area contributed by atoms with Crippen LogP contribution in [0.4, 0.5) is 8.78 Å². The maximum atomic E-state index is 14.1. The number of hydrogen-bond donors (Lipinski definition) is 1. The quantitative estimate of drug-likeness (QED) is 0.739. The summed E-state index contributed by atoms with van der Waals surface area (Å²) >= 11 is 0. The van der Waals surface area contributed by atoms with Gasteiger partial charge in [-0.15, -0.1) is 0 Å². The van der Waals surface area contributed by atoms with E-state index in [2.05, 4.69) is 9.97 Å². The number of H-pyrrole nitrogens is 1. The molecule has 0 fully saturated rings. The van der Waals surface area contributed by atoms with Crippen molar-refractivity contribution < 1.29 is 8.78 Å². The highest BCUT2D eigenvalue weighted by Gasteiger charge is 2.14. The van der Waals surface area contributed by atoms with Gasteiger partial charge in [0.05, 0.1) is 16.5 Å². The van der Waals surface area contributed by atoms with Crippen LogP contribution in [-0.2, 0) is 0 Å². The Kier molecular flexibility index (Phi) is 2.82. The van der Waals surface area contributed by atoms with Gasteiger partial charge in [0.15, 0.2) is 0 Å². The van der Waals surface area contributed by atoms with Gasteiger partial charge >= 0.3 is 0 Å². The minimum Gasteiger partial charge on any atom is -0.306 e. The van der Waals surface area contributed by atoms with Gasteiger partial charge in [0, 0.05) is 5.56 Å². The zero-order valence-corrected chi connectivity index (χ0v) is 10.6. The van der Waals surface area contributed by atoms with Crippen molar-refractivity contribution in [1.82, 2.24) is 9.97 Å². The molecule has 0 spiro atoms. The molecule has 0 saturated heterocycles. The summed E-state index contributed by atoms with van der Waals surface area (Å²) in [5, 5.41) is 0.426. The van der Waals surface area contributed by atoms with E-state index < -0.39 is 11.6 Å². The highest BCUT2D eigenvalue weighted by Crippen LogP contribution is 2.23. The number of halogens is 2. The number of para-hydroxylation sites is 1. The standard InChI is InChI=1S/C15H10F2N2O/c1-8-11(16)7-6-10(13(8)17)14-18-12-5-3-2-4-9(12)15(20)19-14/h2-7H,1H3,(H,18,19,20). The molecule has 3 rings (SSSR count). The third kappa shape index (κ3) is 1.87. The van der Waals surface area contributed by atoms with Crippen LogP contribution in [0, 0.1) is 18.6 Å². The lowest BCUT2D eigenvalue weighted by atomic mass is 10.1. The van der Waals surface area contributed by atoms with E-state index in [-0.39, 0.29) is 22.5 Å². The lowest BCUT2D eigenvalue weighted by Crippen LogP contribution is -2.10. The second-order valence-corrected chi connectivity index (χ2v) is 4.47. The molecule has 0 amide bonds. The monoisotopic (exact) mass is 272 g/mol. The molecule has 100 valence electrons. The van der Waals surface area contributed by atoms with Gasteiger partial charge in [-0.05, 0) is 31.2 Å². The Balaban J connectivity index is 2.31. The summed E-state index contributed by atoms with van der Waals surface area (Å²) in [5.41, 5.74) is 0.0877. The fraction of sp³-hybridized carbons (Fsp3) is 0.0667. The first kappa shape index (κ1) is 12.5.